The Kier molecular flexibility index (Phi) is 3.88. The Bertz CT molecular complexity index is 610. The average Bonchev–Trinajstić information content (AvgIpc) is 2.90. The molecule has 1 aliphatic rings. The molecule has 1 fully saturated rings. The Morgan fingerprint density at radius 2 is 1.71 bits per heavy atom. The van der Waals surface area contributed by atoms with Crippen LogP contribution in [-0.4, -0.2) is 24.2 Å². The van der Waals surface area contributed by atoms with E-state index in [1.807, 2.05) is 54.6 Å². The number of carbonyl (C=O) groups excluding carboxylic acids is 1. The van der Waals surface area contributed by atoms with Crippen molar-refractivity contribution in [2.24, 2.45) is 5.92 Å². The van der Waals surface area contributed by atoms with Crippen LogP contribution >= 0.6 is 0 Å². The van der Waals surface area contributed by atoms with E-state index >= 15 is 0 Å². The first-order chi connectivity index (χ1) is 10.3. The van der Waals surface area contributed by atoms with Gasteiger partial charge in [0, 0.05) is 42.6 Å². The molecule has 0 radical (unpaired) electrons. The summed E-state index contributed by atoms with van der Waals surface area (Å²) in [6.45, 7) is 0.663. The third kappa shape index (κ3) is 3.06. The molecule has 1 atom stereocenters. The smallest absolute Gasteiger partial charge is 0.227 e. The Hall–Kier alpha value is -2.33. The van der Waals surface area contributed by atoms with E-state index in [0.717, 1.165) is 17.1 Å². The van der Waals surface area contributed by atoms with E-state index in [4.69, 9.17) is 5.11 Å². The lowest BCUT2D eigenvalue weighted by Crippen LogP contribution is -2.24. The first-order valence-electron chi connectivity index (χ1n) is 7.09. The van der Waals surface area contributed by atoms with E-state index < -0.39 is 0 Å². The number of rotatable bonds is 4. The van der Waals surface area contributed by atoms with Gasteiger partial charge in [-0.15, -0.1) is 0 Å². The van der Waals surface area contributed by atoms with Crippen LogP contribution in [0.4, 0.5) is 17.1 Å². The number of nitrogens with one attached hydrogen (secondary N) is 1. The number of hydrogen-bond donors (Lipinski definition) is 2. The second-order valence-corrected chi connectivity index (χ2v) is 5.29. The predicted molar refractivity (Wildman–Crippen MR) is 83.7 cm³/mol. The van der Waals surface area contributed by atoms with Gasteiger partial charge in [0.1, 0.15) is 0 Å². The van der Waals surface area contributed by atoms with E-state index in [0.29, 0.717) is 13.0 Å². The van der Waals surface area contributed by atoms with Crippen LogP contribution in [0.15, 0.2) is 54.6 Å². The van der Waals surface area contributed by atoms with Gasteiger partial charge in [0.05, 0.1) is 0 Å². The largest absolute Gasteiger partial charge is 0.396 e. The van der Waals surface area contributed by atoms with Crippen LogP contribution in [0.2, 0.25) is 0 Å². The molecule has 1 saturated heterocycles. The second kappa shape index (κ2) is 5.97. The molecule has 4 heteroatoms. The van der Waals surface area contributed by atoms with Crippen molar-refractivity contribution in [1.82, 2.24) is 0 Å². The lowest BCUT2D eigenvalue weighted by atomic mass is 10.1. The van der Waals surface area contributed by atoms with Crippen LogP contribution in [0.1, 0.15) is 6.42 Å². The lowest BCUT2D eigenvalue weighted by molar-refractivity contribution is -0.117. The van der Waals surface area contributed by atoms with Crippen LogP contribution in [-0.2, 0) is 4.79 Å². The number of aliphatic hydroxyl groups excluding tert-OH is 1. The third-order valence-electron chi connectivity index (χ3n) is 3.70. The lowest BCUT2D eigenvalue weighted by Gasteiger charge is -2.17. The predicted octanol–water partition coefficient (Wildman–Crippen LogP) is 2.78. The van der Waals surface area contributed by atoms with Crippen LogP contribution in [0.5, 0.6) is 0 Å². The van der Waals surface area contributed by atoms with Crippen molar-refractivity contribution in [3.63, 3.8) is 0 Å². The Morgan fingerprint density at radius 3 is 2.33 bits per heavy atom. The molecule has 0 saturated carbocycles. The van der Waals surface area contributed by atoms with Crippen LogP contribution < -0.4 is 10.2 Å². The third-order valence-corrected chi connectivity index (χ3v) is 3.70. The number of nitrogens with zero attached hydrogens (tertiary/aromatic N) is 1. The quantitative estimate of drug-likeness (QED) is 0.906. The zero-order valence-electron chi connectivity index (χ0n) is 11.7. The highest BCUT2D eigenvalue weighted by molar-refractivity contribution is 5.95. The van der Waals surface area contributed by atoms with Crippen LogP contribution in [0, 0.1) is 5.92 Å². The Morgan fingerprint density at radius 1 is 1.05 bits per heavy atom. The van der Waals surface area contributed by atoms with E-state index in [1.54, 1.807) is 4.90 Å². The minimum atomic E-state index is 0.0552. The first kappa shape index (κ1) is 13.6. The normalized spacial score (nSPS) is 18.0. The molecule has 1 amide bonds. The second-order valence-electron chi connectivity index (χ2n) is 5.29. The van der Waals surface area contributed by atoms with Crippen LogP contribution in [0.3, 0.4) is 0 Å². The molecule has 21 heavy (non-hydrogen) atoms. The number of anilines is 3. The fourth-order valence-electron chi connectivity index (χ4n) is 2.57. The summed E-state index contributed by atoms with van der Waals surface area (Å²) in [5.74, 6) is 0.137. The van der Waals surface area contributed by atoms with Crippen molar-refractivity contribution in [3.8, 4) is 0 Å². The molecule has 0 aromatic heterocycles. The van der Waals surface area contributed by atoms with Crippen molar-refractivity contribution in [2.75, 3.05) is 23.4 Å². The standard InChI is InChI=1S/C17H18N2O2/c20-12-13-10-17(21)19(11-13)16-8-6-15(7-9-16)18-14-4-2-1-3-5-14/h1-9,13,18,20H,10-12H2. The van der Waals surface area contributed by atoms with Crippen molar-refractivity contribution < 1.29 is 9.90 Å². The molecule has 2 N–H and O–H groups in total. The van der Waals surface area contributed by atoms with Gasteiger partial charge in [0.15, 0.2) is 0 Å². The minimum Gasteiger partial charge on any atom is -0.396 e. The fraction of sp³-hybridized carbons (Fsp3) is 0.235. The van der Waals surface area contributed by atoms with Gasteiger partial charge in [-0.05, 0) is 36.4 Å². The highest BCUT2D eigenvalue weighted by Crippen LogP contribution is 2.26. The van der Waals surface area contributed by atoms with Gasteiger partial charge in [0.25, 0.3) is 0 Å². The summed E-state index contributed by atoms with van der Waals surface area (Å²) >= 11 is 0. The van der Waals surface area contributed by atoms with Gasteiger partial charge in [-0.3, -0.25) is 4.79 Å². The van der Waals surface area contributed by atoms with Crippen molar-refractivity contribution in [3.05, 3.63) is 54.6 Å². The van der Waals surface area contributed by atoms with E-state index in [9.17, 15) is 4.79 Å². The van der Waals surface area contributed by atoms with Crippen molar-refractivity contribution >= 4 is 23.0 Å². The summed E-state index contributed by atoms with van der Waals surface area (Å²) in [6.07, 6.45) is 0.431. The summed E-state index contributed by atoms with van der Waals surface area (Å²) in [4.78, 5) is 13.7. The summed E-state index contributed by atoms with van der Waals surface area (Å²) in [5.41, 5.74) is 2.90. The highest BCUT2D eigenvalue weighted by atomic mass is 16.3. The van der Waals surface area contributed by atoms with Gasteiger partial charge in [-0.25, -0.2) is 0 Å². The number of benzene rings is 2. The Balaban J connectivity index is 1.71. The SMILES string of the molecule is O=C1CC(CO)CN1c1ccc(Nc2ccccc2)cc1. The summed E-state index contributed by atoms with van der Waals surface area (Å²) in [7, 11) is 0. The fourth-order valence-corrected chi connectivity index (χ4v) is 2.57. The number of aliphatic hydroxyl groups is 1. The zero-order chi connectivity index (χ0) is 14.7. The molecule has 0 bridgehead atoms. The van der Waals surface area contributed by atoms with Gasteiger partial charge < -0.3 is 15.3 Å². The first-order valence-corrected chi connectivity index (χ1v) is 7.09. The van der Waals surface area contributed by atoms with E-state index in [2.05, 4.69) is 5.32 Å². The van der Waals surface area contributed by atoms with Crippen molar-refractivity contribution in [2.45, 2.75) is 6.42 Å². The van der Waals surface area contributed by atoms with Gasteiger partial charge >= 0.3 is 0 Å². The Labute approximate surface area is 124 Å². The van der Waals surface area contributed by atoms with Gasteiger partial charge in [0.2, 0.25) is 5.91 Å². The molecule has 4 nitrogen and oxygen atoms in total. The number of amides is 1. The molecule has 108 valence electrons. The number of para-hydroxylation sites is 1. The van der Waals surface area contributed by atoms with Crippen LogP contribution in [0.25, 0.3) is 0 Å². The maximum Gasteiger partial charge on any atom is 0.227 e. The summed E-state index contributed by atoms with van der Waals surface area (Å²) in [5, 5.41) is 12.5. The molecular weight excluding hydrogens is 264 g/mol. The van der Waals surface area contributed by atoms with E-state index in [1.165, 1.54) is 0 Å². The summed E-state index contributed by atoms with van der Waals surface area (Å²) < 4.78 is 0. The number of carbonyl (C=O) groups is 1. The monoisotopic (exact) mass is 282 g/mol. The summed E-state index contributed by atoms with van der Waals surface area (Å²) in [6, 6.07) is 17.7. The molecule has 1 aliphatic heterocycles. The minimum absolute atomic E-state index is 0.0552. The molecular formula is C17H18N2O2. The molecule has 0 aliphatic carbocycles. The van der Waals surface area contributed by atoms with E-state index in [-0.39, 0.29) is 18.4 Å². The highest BCUT2D eigenvalue weighted by Gasteiger charge is 2.29. The molecule has 1 unspecified atom stereocenters. The van der Waals surface area contributed by atoms with Gasteiger partial charge in [-0.1, -0.05) is 18.2 Å². The molecule has 0 spiro atoms. The maximum absolute atomic E-state index is 11.9. The topological polar surface area (TPSA) is 52.6 Å². The molecule has 2 aromatic carbocycles. The maximum atomic E-state index is 11.9. The van der Waals surface area contributed by atoms with Gasteiger partial charge in [-0.2, -0.15) is 0 Å². The molecule has 2 aromatic rings. The molecule has 1 heterocycles. The molecule has 3 rings (SSSR count). The van der Waals surface area contributed by atoms with Crippen molar-refractivity contribution in [1.29, 1.82) is 0 Å². The zero-order valence-corrected chi connectivity index (χ0v) is 11.7. The average molecular weight is 282 g/mol. The number of hydrogen-bond acceptors (Lipinski definition) is 3.